The van der Waals surface area contributed by atoms with Gasteiger partial charge in [0, 0.05) is 19.5 Å². The van der Waals surface area contributed by atoms with Crippen LogP contribution in [0.25, 0.3) is 0 Å². The summed E-state index contributed by atoms with van der Waals surface area (Å²) in [5, 5.41) is 8.95. The summed E-state index contributed by atoms with van der Waals surface area (Å²) in [7, 11) is 0. The molecule has 2 aromatic heterocycles. The molecule has 0 saturated heterocycles. The van der Waals surface area contributed by atoms with Gasteiger partial charge in [0.1, 0.15) is 23.8 Å². The lowest BCUT2D eigenvalue weighted by Crippen LogP contribution is -2.62. The molecule has 2 atom stereocenters. The third-order valence-electron chi connectivity index (χ3n) is 8.40. The lowest BCUT2D eigenvalue weighted by atomic mass is 9.83. The molecule has 3 aromatic rings. The Kier molecular flexibility index (Phi) is 11.1. The number of amides is 1. The van der Waals surface area contributed by atoms with E-state index in [1.165, 1.54) is 6.20 Å². The van der Waals surface area contributed by atoms with Crippen molar-refractivity contribution >= 4 is 23.4 Å². The molecule has 0 saturated carbocycles. The number of hydrogen-bond donors (Lipinski definition) is 2. The molecule has 1 aliphatic heterocycles. The third-order valence-corrected chi connectivity index (χ3v) is 8.40. The van der Waals surface area contributed by atoms with Crippen LogP contribution in [-0.2, 0) is 34.5 Å². The average molecular weight is 737 g/mol. The van der Waals surface area contributed by atoms with E-state index in [9.17, 15) is 49.1 Å². The van der Waals surface area contributed by atoms with E-state index in [2.05, 4.69) is 15.0 Å². The highest BCUT2D eigenvalue weighted by Crippen LogP contribution is 2.46. The van der Waals surface area contributed by atoms with E-state index in [0.29, 0.717) is 31.3 Å². The number of pyridine rings is 1. The number of nitrogens with two attached hydrogens (primary N) is 1. The number of carbonyl (C=O) groups is 2. The van der Waals surface area contributed by atoms with Crippen LogP contribution in [0.4, 0.5) is 55.7 Å². The molecular weight excluding hydrogens is 703 g/mol. The van der Waals surface area contributed by atoms with Crippen molar-refractivity contribution in [3.8, 4) is 0 Å². The van der Waals surface area contributed by atoms with Crippen LogP contribution in [0.1, 0.15) is 85.5 Å². The summed E-state index contributed by atoms with van der Waals surface area (Å²) in [4.78, 5) is 39.5. The van der Waals surface area contributed by atoms with Gasteiger partial charge in [-0.05, 0) is 62.6 Å². The van der Waals surface area contributed by atoms with E-state index in [4.69, 9.17) is 15.6 Å². The maximum absolute atomic E-state index is 13.9. The second kappa shape index (κ2) is 14.5. The zero-order valence-electron chi connectivity index (χ0n) is 27.4. The van der Waals surface area contributed by atoms with Crippen molar-refractivity contribution in [2.45, 2.75) is 76.6 Å². The minimum absolute atomic E-state index is 0.00686. The van der Waals surface area contributed by atoms with Gasteiger partial charge >= 0.3 is 30.6 Å². The monoisotopic (exact) mass is 736 g/mol. The van der Waals surface area contributed by atoms with E-state index in [1.807, 2.05) is 0 Å². The van der Waals surface area contributed by atoms with Crippen molar-refractivity contribution in [2.24, 2.45) is 5.73 Å². The van der Waals surface area contributed by atoms with Crippen LogP contribution in [0.2, 0.25) is 0 Å². The average Bonchev–Trinajstić information content (AvgIpc) is 3.03. The van der Waals surface area contributed by atoms with Gasteiger partial charge in [-0.25, -0.2) is 19.7 Å². The number of rotatable bonds is 10. The lowest BCUT2D eigenvalue weighted by Gasteiger charge is -2.46. The number of hydrogen-bond acceptors (Lipinski definition) is 8. The normalized spacial score (nSPS) is 18.0. The first-order valence-electron chi connectivity index (χ1n) is 15.6. The van der Waals surface area contributed by atoms with Crippen LogP contribution in [-0.4, -0.2) is 57.5 Å². The van der Waals surface area contributed by atoms with Crippen molar-refractivity contribution in [3.05, 3.63) is 76.1 Å². The second-order valence-corrected chi connectivity index (χ2v) is 11.7. The van der Waals surface area contributed by atoms with Gasteiger partial charge in [-0.2, -0.15) is 39.5 Å². The fraction of sp³-hybridized carbons (Fsp3) is 0.469. The summed E-state index contributed by atoms with van der Waals surface area (Å²) in [6, 6.07) is 2.67. The number of benzene rings is 1. The summed E-state index contributed by atoms with van der Waals surface area (Å²) >= 11 is 0. The summed E-state index contributed by atoms with van der Waals surface area (Å²) in [6.07, 6.45) is -16.6. The van der Waals surface area contributed by atoms with Gasteiger partial charge in [-0.3, -0.25) is 9.69 Å². The van der Waals surface area contributed by atoms with E-state index in [1.54, 1.807) is 25.7 Å². The topological polar surface area (TPSA) is 135 Å². The number of aliphatic carboxylic acids is 1. The Labute approximate surface area is 285 Å². The number of nitrogens with zero attached hydrogens (tertiary/aromatic N) is 5. The molecule has 0 spiro atoms. The Morgan fingerprint density at radius 2 is 1.57 bits per heavy atom. The molecule has 0 aliphatic carbocycles. The van der Waals surface area contributed by atoms with Gasteiger partial charge in [0.25, 0.3) is 0 Å². The first-order chi connectivity index (χ1) is 23.6. The molecule has 51 heavy (non-hydrogen) atoms. The number of fused-ring (bicyclic) bond motifs is 1. The van der Waals surface area contributed by atoms with Crippen LogP contribution in [0.5, 0.6) is 0 Å². The van der Waals surface area contributed by atoms with Crippen LogP contribution in [0.15, 0.2) is 36.5 Å². The Hall–Kier alpha value is -4.68. The van der Waals surface area contributed by atoms with Crippen molar-refractivity contribution < 1.29 is 58.9 Å². The summed E-state index contributed by atoms with van der Waals surface area (Å²) < 4.78 is 129. The van der Waals surface area contributed by atoms with Crippen molar-refractivity contribution in [2.75, 3.05) is 29.5 Å². The molecule has 278 valence electrons. The molecule has 0 fully saturated rings. The number of ether oxygens (including phenoxy) is 1. The fourth-order valence-corrected chi connectivity index (χ4v) is 5.81. The van der Waals surface area contributed by atoms with Crippen LogP contribution >= 0.6 is 0 Å². The predicted molar refractivity (Wildman–Crippen MR) is 164 cm³/mol. The van der Waals surface area contributed by atoms with Crippen molar-refractivity contribution in [1.82, 2.24) is 15.0 Å². The molecule has 1 aromatic carbocycles. The number of alkyl halides is 9. The number of halogens is 9. The molecule has 0 bridgehead atoms. The molecule has 0 unspecified atom stereocenters. The Morgan fingerprint density at radius 1 is 0.961 bits per heavy atom. The number of carboxylic acid groups (broad SMARTS) is 1. The molecule has 1 aliphatic rings. The number of carbonyl (C=O) groups excluding carboxylic acids is 1. The molecule has 19 heteroatoms. The van der Waals surface area contributed by atoms with Gasteiger partial charge in [0.15, 0.2) is 0 Å². The minimum Gasteiger partial charge on any atom is -0.481 e. The largest absolute Gasteiger partial charge is 0.481 e. The van der Waals surface area contributed by atoms with E-state index >= 15 is 0 Å². The minimum atomic E-state index is -5.12. The number of aromatic nitrogens is 3. The maximum atomic E-state index is 13.9. The van der Waals surface area contributed by atoms with Gasteiger partial charge in [0.05, 0.1) is 52.4 Å². The zero-order chi connectivity index (χ0) is 38.1. The Morgan fingerprint density at radius 3 is 2.08 bits per heavy atom. The maximum Gasteiger partial charge on any atom is 0.433 e. The molecular formula is C32H33F9N6O4. The standard InChI is InChI=1S/C32H33F9N6O4/c1-4-29(42)15-20(26-22(7-8-24(45-26)32(39,40)41)47(29)28(50)51-10-9-25(48)49)27-43-16-23(46(5-2)6-3)21(44-27)13-17-11-18(30(33,34)35)14-19(12-17)31(36,37)38/h7-8,11-12,14,16,20H,4-6,9-10,13,15,42H2,1-3H3,(H,48,49)/t20-,29+/m0/s1. The van der Waals surface area contributed by atoms with Crippen LogP contribution < -0.4 is 15.5 Å². The third kappa shape index (κ3) is 8.62. The van der Waals surface area contributed by atoms with E-state index < -0.39 is 84.0 Å². The summed E-state index contributed by atoms with van der Waals surface area (Å²) in [6.45, 7) is 5.11. The molecule has 3 N–H and O–H groups in total. The highest BCUT2D eigenvalue weighted by atomic mass is 19.4. The predicted octanol–water partition coefficient (Wildman–Crippen LogP) is 7.38. The Bertz CT molecular complexity index is 1730. The van der Waals surface area contributed by atoms with Crippen LogP contribution in [0.3, 0.4) is 0 Å². The van der Waals surface area contributed by atoms with Crippen molar-refractivity contribution in [1.29, 1.82) is 0 Å². The fourth-order valence-electron chi connectivity index (χ4n) is 5.81. The van der Waals surface area contributed by atoms with Gasteiger partial charge in [0.2, 0.25) is 0 Å². The van der Waals surface area contributed by atoms with Gasteiger partial charge in [-0.15, -0.1) is 0 Å². The zero-order valence-corrected chi connectivity index (χ0v) is 27.4. The van der Waals surface area contributed by atoms with Crippen molar-refractivity contribution in [3.63, 3.8) is 0 Å². The first-order valence-corrected chi connectivity index (χ1v) is 15.6. The highest BCUT2D eigenvalue weighted by Gasteiger charge is 2.48. The molecule has 10 nitrogen and oxygen atoms in total. The van der Waals surface area contributed by atoms with Gasteiger partial charge in [-0.1, -0.05) is 6.92 Å². The number of carboxylic acids is 1. The molecule has 1 amide bonds. The first kappa shape index (κ1) is 39.1. The lowest BCUT2D eigenvalue weighted by molar-refractivity contribution is -0.143. The van der Waals surface area contributed by atoms with Crippen LogP contribution in [0, 0.1) is 0 Å². The molecule has 4 rings (SSSR count). The van der Waals surface area contributed by atoms with E-state index in [0.717, 1.165) is 11.0 Å². The smallest absolute Gasteiger partial charge is 0.433 e. The number of anilines is 2. The molecule has 0 radical (unpaired) electrons. The quantitative estimate of drug-likeness (QED) is 0.205. The molecule has 3 heterocycles. The highest BCUT2D eigenvalue weighted by molar-refractivity contribution is 5.91. The van der Waals surface area contributed by atoms with Gasteiger partial charge < -0.3 is 20.5 Å². The summed E-state index contributed by atoms with van der Waals surface area (Å²) in [5.41, 5.74) is -0.207. The second-order valence-electron chi connectivity index (χ2n) is 11.7. The summed E-state index contributed by atoms with van der Waals surface area (Å²) in [5.74, 6) is -2.76. The SMILES string of the molecule is CCN(CC)c1cnc([C@H]2C[C@@](N)(CC)N(C(=O)OCCC(=O)O)c3ccc(C(F)(F)F)nc32)nc1Cc1cc(C(F)(F)F)cc(C(F)(F)F)c1. The van der Waals surface area contributed by atoms with E-state index in [-0.39, 0.29) is 47.5 Å². The Balaban J connectivity index is 1.93.